The number of aromatic nitrogens is 2. The molecule has 0 saturated carbocycles. The normalized spacial score (nSPS) is 13.4. The number of aryl methyl sites for hydroxylation is 1. The van der Waals surface area contributed by atoms with E-state index in [0.29, 0.717) is 0 Å². The Labute approximate surface area is 122 Å². The lowest BCUT2D eigenvalue weighted by Gasteiger charge is -2.06. The van der Waals surface area contributed by atoms with Crippen LogP contribution in [0.3, 0.4) is 0 Å². The van der Waals surface area contributed by atoms with E-state index in [9.17, 15) is 0 Å². The first-order valence-corrected chi connectivity index (χ1v) is 8.16. The van der Waals surface area contributed by atoms with Crippen molar-refractivity contribution in [1.29, 1.82) is 0 Å². The van der Waals surface area contributed by atoms with E-state index < -0.39 is 0 Å². The second-order valence-corrected chi connectivity index (χ2v) is 6.00. The zero-order chi connectivity index (χ0) is 13.2. The maximum absolute atomic E-state index is 5.94. The van der Waals surface area contributed by atoms with Crippen molar-refractivity contribution in [2.45, 2.75) is 12.8 Å². The quantitative estimate of drug-likeness (QED) is 0.937. The molecule has 1 aromatic carbocycles. The molecule has 1 aliphatic heterocycles. The van der Waals surface area contributed by atoms with Gasteiger partial charge in [0.1, 0.15) is 5.82 Å². The van der Waals surface area contributed by atoms with Crippen molar-refractivity contribution in [3.8, 4) is 5.69 Å². The third-order valence-corrected chi connectivity index (χ3v) is 4.21. The lowest BCUT2D eigenvalue weighted by molar-refractivity contribution is 0.834. The van der Waals surface area contributed by atoms with Crippen LogP contribution >= 0.6 is 23.4 Å². The summed E-state index contributed by atoms with van der Waals surface area (Å²) in [5, 5.41) is 8.96. The number of hydrogen-bond donors (Lipinski definition) is 1. The summed E-state index contributed by atoms with van der Waals surface area (Å²) in [5.74, 6) is 2.27. The number of benzene rings is 1. The van der Waals surface area contributed by atoms with Crippen LogP contribution in [0.5, 0.6) is 0 Å². The molecule has 0 bridgehead atoms. The summed E-state index contributed by atoms with van der Waals surface area (Å²) in [6, 6.07) is 7.82. The van der Waals surface area contributed by atoms with Gasteiger partial charge in [0.2, 0.25) is 0 Å². The Balaban J connectivity index is 1.99. The van der Waals surface area contributed by atoms with E-state index in [0.717, 1.165) is 41.7 Å². The van der Waals surface area contributed by atoms with E-state index in [-0.39, 0.29) is 0 Å². The molecule has 0 saturated heterocycles. The first-order valence-electron chi connectivity index (χ1n) is 6.39. The summed E-state index contributed by atoms with van der Waals surface area (Å²) in [5.41, 5.74) is 3.67. The first-order chi connectivity index (χ1) is 9.29. The third kappa shape index (κ3) is 2.47. The lowest BCUT2D eigenvalue weighted by atomic mass is 10.2. The molecule has 2 heterocycles. The molecule has 0 unspecified atom stereocenters. The fraction of sp³-hybridized carbons (Fsp3) is 0.357. The molecule has 5 heteroatoms. The molecule has 0 spiro atoms. The molecule has 19 heavy (non-hydrogen) atoms. The highest BCUT2D eigenvalue weighted by molar-refractivity contribution is 7.98. The van der Waals surface area contributed by atoms with Gasteiger partial charge in [0, 0.05) is 23.6 Å². The predicted molar refractivity (Wildman–Crippen MR) is 82.9 cm³/mol. The molecule has 0 atom stereocenters. The fourth-order valence-corrected chi connectivity index (χ4v) is 2.94. The van der Waals surface area contributed by atoms with Crippen LogP contribution in [0.15, 0.2) is 24.3 Å². The average molecular weight is 294 g/mol. The van der Waals surface area contributed by atoms with Crippen LogP contribution in [0, 0.1) is 0 Å². The summed E-state index contributed by atoms with van der Waals surface area (Å²) in [6.45, 7) is 1.01. The van der Waals surface area contributed by atoms with Gasteiger partial charge in [-0.3, -0.25) is 0 Å². The van der Waals surface area contributed by atoms with E-state index in [2.05, 4.69) is 11.6 Å². The standard InChI is InChI=1S/C14H16ClN3S/c1-19-9-7-13-12-6-8-16-14(12)18(17-13)11-4-2-10(15)3-5-11/h2-5,16H,6-9H2,1H3. The largest absolute Gasteiger partial charge is 0.369 e. The van der Waals surface area contributed by atoms with E-state index in [4.69, 9.17) is 16.7 Å². The summed E-state index contributed by atoms with van der Waals surface area (Å²) < 4.78 is 2.01. The summed E-state index contributed by atoms with van der Waals surface area (Å²) in [4.78, 5) is 0. The Morgan fingerprint density at radius 3 is 2.89 bits per heavy atom. The van der Waals surface area contributed by atoms with Gasteiger partial charge in [-0.05, 0) is 42.7 Å². The third-order valence-electron chi connectivity index (χ3n) is 3.35. The Bertz CT molecular complexity index is 577. The molecule has 0 amide bonds. The van der Waals surface area contributed by atoms with Crippen molar-refractivity contribution in [2.24, 2.45) is 0 Å². The highest BCUT2D eigenvalue weighted by Gasteiger charge is 2.22. The van der Waals surface area contributed by atoms with Crippen molar-refractivity contribution in [3.05, 3.63) is 40.5 Å². The second-order valence-electron chi connectivity index (χ2n) is 4.58. The zero-order valence-corrected chi connectivity index (χ0v) is 12.4. The molecular formula is C14H16ClN3S. The molecule has 1 aromatic heterocycles. The topological polar surface area (TPSA) is 29.9 Å². The monoisotopic (exact) mass is 293 g/mol. The van der Waals surface area contributed by atoms with Gasteiger partial charge in [0.25, 0.3) is 0 Å². The van der Waals surface area contributed by atoms with Crippen molar-refractivity contribution in [3.63, 3.8) is 0 Å². The van der Waals surface area contributed by atoms with Crippen molar-refractivity contribution in [1.82, 2.24) is 9.78 Å². The first kappa shape index (κ1) is 12.9. The minimum Gasteiger partial charge on any atom is -0.369 e. The van der Waals surface area contributed by atoms with Crippen molar-refractivity contribution in [2.75, 3.05) is 23.9 Å². The maximum atomic E-state index is 5.94. The number of halogens is 1. The predicted octanol–water partition coefficient (Wildman–Crippen LogP) is 3.40. The molecule has 0 fully saturated rings. The smallest absolute Gasteiger partial charge is 0.133 e. The number of nitrogens with zero attached hydrogens (tertiary/aromatic N) is 2. The van der Waals surface area contributed by atoms with E-state index in [1.807, 2.05) is 40.7 Å². The Morgan fingerprint density at radius 2 is 2.16 bits per heavy atom. The number of hydrogen-bond acceptors (Lipinski definition) is 3. The number of thioether (sulfide) groups is 1. The van der Waals surface area contributed by atoms with E-state index in [1.165, 1.54) is 11.3 Å². The van der Waals surface area contributed by atoms with Gasteiger partial charge < -0.3 is 5.32 Å². The molecule has 3 rings (SSSR count). The molecule has 100 valence electrons. The second kappa shape index (κ2) is 5.47. The molecular weight excluding hydrogens is 278 g/mol. The van der Waals surface area contributed by atoms with Gasteiger partial charge in [-0.15, -0.1) is 0 Å². The maximum Gasteiger partial charge on any atom is 0.133 e. The molecule has 0 radical (unpaired) electrons. The SMILES string of the molecule is CSCCc1nn(-c2ccc(Cl)cc2)c2c1CCN2. The van der Waals surface area contributed by atoms with Gasteiger partial charge >= 0.3 is 0 Å². The summed E-state index contributed by atoms with van der Waals surface area (Å²) in [6.07, 6.45) is 4.24. The van der Waals surface area contributed by atoms with Crippen LogP contribution in [0.1, 0.15) is 11.3 Å². The molecule has 1 aliphatic rings. The number of fused-ring (bicyclic) bond motifs is 1. The Kier molecular flexibility index (Phi) is 3.71. The minimum atomic E-state index is 0.753. The molecule has 1 N–H and O–H groups in total. The van der Waals surface area contributed by atoms with Gasteiger partial charge in [-0.1, -0.05) is 11.6 Å². The Hall–Kier alpha value is -1.13. The van der Waals surface area contributed by atoms with Gasteiger partial charge in [-0.25, -0.2) is 4.68 Å². The number of rotatable bonds is 4. The van der Waals surface area contributed by atoms with Crippen LogP contribution in [0.2, 0.25) is 5.02 Å². The number of nitrogens with one attached hydrogen (secondary N) is 1. The van der Waals surface area contributed by atoms with Gasteiger partial charge in [-0.2, -0.15) is 16.9 Å². The molecule has 0 aliphatic carbocycles. The van der Waals surface area contributed by atoms with Crippen molar-refractivity contribution >= 4 is 29.2 Å². The molecule has 2 aromatic rings. The lowest BCUT2D eigenvalue weighted by Crippen LogP contribution is -2.05. The van der Waals surface area contributed by atoms with Gasteiger partial charge in [0.05, 0.1) is 11.4 Å². The zero-order valence-electron chi connectivity index (χ0n) is 10.8. The van der Waals surface area contributed by atoms with Crippen molar-refractivity contribution < 1.29 is 0 Å². The van der Waals surface area contributed by atoms with Crippen LogP contribution in [-0.4, -0.2) is 28.3 Å². The van der Waals surface area contributed by atoms with Gasteiger partial charge in [0.15, 0.2) is 0 Å². The van der Waals surface area contributed by atoms with Crippen LogP contribution < -0.4 is 5.32 Å². The highest BCUT2D eigenvalue weighted by atomic mass is 35.5. The fourth-order valence-electron chi connectivity index (χ4n) is 2.41. The van der Waals surface area contributed by atoms with Crippen LogP contribution in [0.4, 0.5) is 5.82 Å². The number of anilines is 1. The summed E-state index contributed by atoms with van der Waals surface area (Å²) in [7, 11) is 0. The summed E-state index contributed by atoms with van der Waals surface area (Å²) >= 11 is 7.80. The Morgan fingerprint density at radius 1 is 1.37 bits per heavy atom. The van der Waals surface area contributed by atoms with E-state index in [1.54, 1.807) is 0 Å². The minimum absolute atomic E-state index is 0.753. The van der Waals surface area contributed by atoms with Crippen LogP contribution in [-0.2, 0) is 12.8 Å². The van der Waals surface area contributed by atoms with E-state index >= 15 is 0 Å². The van der Waals surface area contributed by atoms with Crippen LogP contribution in [0.25, 0.3) is 5.69 Å². The average Bonchev–Trinajstić information content (AvgIpc) is 3.00. The highest BCUT2D eigenvalue weighted by Crippen LogP contribution is 2.29. The molecule has 3 nitrogen and oxygen atoms in total.